The van der Waals surface area contributed by atoms with Gasteiger partial charge in [-0.1, -0.05) is 24.9 Å². The maximum absolute atomic E-state index is 12.0. The third-order valence-corrected chi connectivity index (χ3v) is 4.37. The Hall–Kier alpha value is -0.820. The number of nitrogens with one attached hydrogen (secondary N) is 1. The second-order valence-corrected chi connectivity index (χ2v) is 6.20. The Balaban J connectivity index is 2.52. The molecule has 0 atom stereocenters. The van der Waals surface area contributed by atoms with Gasteiger partial charge in [-0.05, 0) is 24.6 Å². The van der Waals surface area contributed by atoms with Gasteiger partial charge in [-0.25, -0.2) is 13.1 Å². The Morgan fingerprint density at radius 3 is 2.74 bits per heavy atom. The minimum Gasteiger partial charge on any atom is -0.399 e. The normalized spacial score (nSPS) is 11.7. The molecule has 3 N–H and O–H groups in total. The van der Waals surface area contributed by atoms with Gasteiger partial charge in [-0.2, -0.15) is 0 Å². The van der Waals surface area contributed by atoms with Gasteiger partial charge in [0.1, 0.15) is 4.90 Å². The molecule has 0 unspecified atom stereocenters. The van der Waals surface area contributed by atoms with E-state index in [-0.39, 0.29) is 16.5 Å². The van der Waals surface area contributed by atoms with E-state index in [1.165, 1.54) is 18.2 Å². The lowest BCUT2D eigenvalue weighted by molar-refractivity contribution is 0.136. The van der Waals surface area contributed by atoms with Gasteiger partial charge in [-0.3, -0.25) is 0 Å². The van der Waals surface area contributed by atoms with Crippen molar-refractivity contribution in [1.82, 2.24) is 4.72 Å². The van der Waals surface area contributed by atoms with Crippen molar-refractivity contribution < 1.29 is 13.2 Å². The van der Waals surface area contributed by atoms with E-state index in [1.807, 2.05) is 0 Å². The SMILES string of the molecule is CCCCOCCNS(=O)(=O)c1ccc(N)cc1Cl. The first-order valence-electron chi connectivity index (χ1n) is 6.10. The van der Waals surface area contributed by atoms with Crippen LogP contribution < -0.4 is 10.5 Å². The molecular formula is C12H19ClN2O3S. The van der Waals surface area contributed by atoms with E-state index < -0.39 is 10.0 Å². The van der Waals surface area contributed by atoms with Gasteiger partial charge in [0.25, 0.3) is 0 Å². The van der Waals surface area contributed by atoms with Crippen molar-refractivity contribution in [1.29, 1.82) is 0 Å². The molecule has 0 heterocycles. The van der Waals surface area contributed by atoms with Crippen molar-refractivity contribution in [3.63, 3.8) is 0 Å². The topological polar surface area (TPSA) is 81.4 Å². The first-order valence-corrected chi connectivity index (χ1v) is 7.96. The highest BCUT2D eigenvalue weighted by Gasteiger charge is 2.17. The largest absolute Gasteiger partial charge is 0.399 e. The van der Waals surface area contributed by atoms with Crippen LogP contribution in [-0.4, -0.2) is 28.2 Å². The van der Waals surface area contributed by atoms with Gasteiger partial charge in [-0.15, -0.1) is 0 Å². The average molecular weight is 307 g/mol. The molecule has 0 aliphatic heterocycles. The number of ether oxygens (including phenoxy) is 1. The predicted octanol–water partition coefficient (Wildman–Crippen LogP) is 2.02. The second-order valence-electron chi connectivity index (χ2n) is 4.05. The van der Waals surface area contributed by atoms with Crippen molar-refractivity contribution in [2.45, 2.75) is 24.7 Å². The third kappa shape index (κ3) is 5.36. The molecule has 0 radical (unpaired) electrons. The van der Waals surface area contributed by atoms with Gasteiger partial charge >= 0.3 is 0 Å². The minimum atomic E-state index is -3.62. The Bertz CT molecular complexity index is 506. The van der Waals surface area contributed by atoms with Gasteiger partial charge < -0.3 is 10.5 Å². The van der Waals surface area contributed by atoms with E-state index in [2.05, 4.69) is 11.6 Å². The average Bonchev–Trinajstić information content (AvgIpc) is 2.33. The zero-order valence-corrected chi connectivity index (χ0v) is 12.4. The smallest absolute Gasteiger partial charge is 0.242 e. The molecule has 0 amide bonds. The number of rotatable bonds is 8. The molecule has 0 bridgehead atoms. The molecule has 0 aliphatic rings. The van der Waals surface area contributed by atoms with Crippen LogP contribution in [0.2, 0.25) is 5.02 Å². The highest BCUT2D eigenvalue weighted by atomic mass is 35.5. The molecule has 0 saturated carbocycles. The molecule has 1 aromatic rings. The van der Waals surface area contributed by atoms with Crippen molar-refractivity contribution in [2.24, 2.45) is 0 Å². The molecule has 0 aromatic heterocycles. The number of hydrogen-bond donors (Lipinski definition) is 2. The minimum absolute atomic E-state index is 0.0249. The third-order valence-electron chi connectivity index (χ3n) is 2.43. The van der Waals surface area contributed by atoms with E-state index in [0.717, 1.165) is 12.8 Å². The van der Waals surface area contributed by atoms with Crippen molar-refractivity contribution in [2.75, 3.05) is 25.5 Å². The van der Waals surface area contributed by atoms with Crippen LogP contribution >= 0.6 is 11.6 Å². The summed E-state index contributed by atoms with van der Waals surface area (Å²) in [6, 6.07) is 4.30. The maximum atomic E-state index is 12.0. The van der Waals surface area contributed by atoms with Crippen molar-refractivity contribution in [3.05, 3.63) is 23.2 Å². The van der Waals surface area contributed by atoms with E-state index in [0.29, 0.717) is 18.9 Å². The molecule has 7 heteroatoms. The molecular weight excluding hydrogens is 288 g/mol. The van der Waals surface area contributed by atoms with E-state index >= 15 is 0 Å². The van der Waals surface area contributed by atoms with E-state index in [1.54, 1.807) is 0 Å². The number of sulfonamides is 1. The summed E-state index contributed by atoms with van der Waals surface area (Å²) in [5, 5.41) is 0.111. The Kier molecular flexibility index (Phi) is 6.57. The van der Waals surface area contributed by atoms with Crippen molar-refractivity contribution >= 4 is 27.3 Å². The van der Waals surface area contributed by atoms with Crippen LogP contribution in [0.1, 0.15) is 19.8 Å². The van der Waals surface area contributed by atoms with Crippen LogP contribution in [0.4, 0.5) is 5.69 Å². The number of nitrogens with two attached hydrogens (primary N) is 1. The fourth-order valence-corrected chi connectivity index (χ4v) is 2.97. The summed E-state index contributed by atoms with van der Waals surface area (Å²) in [6.07, 6.45) is 2.02. The molecule has 0 spiro atoms. The van der Waals surface area contributed by atoms with Crippen LogP contribution in [0.15, 0.2) is 23.1 Å². The molecule has 0 saturated heterocycles. The summed E-state index contributed by atoms with van der Waals surface area (Å²) in [7, 11) is -3.62. The highest BCUT2D eigenvalue weighted by Crippen LogP contribution is 2.23. The summed E-state index contributed by atoms with van der Waals surface area (Å²) in [5.41, 5.74) is 5.94. The lowest BCUT2D eigenvalue weighted by Crippen LogP contribution is -2.27. The fraction of sp³-hybridized carbons (Fsp3) is 0.500. The Morgan fingerprint density at radius 2 is 2.11 bits per heavy atom. The Labute approximate surface area is 119 Å². The molecule has 5 nitrogen and oxygen atoms in total. The second kappa shape index (κ2) is 7.69. The number of halogens is 1. The van der Waals surface area contributed by atoms with Gasteiger partial charge in [0, 0.05) is 18.8 Å². The molecule has 0 aliphatic carbocycles. The number of benzene rings is 1. The van der Waals surface area contributed by atoms with E-state index in [4.69, 9.17) is 22.1 Å². The van der Waals surface area contributed by atoms with Crippen LogP contribution in [0.25, 0.3) is 0 Å². The summed E-state index contributed by atoms with van der Waals surface area (Å²) in [6.45, 7) is 3.26. The predicted molar refractivity (Wildman–Crippen MR) is 76.8 cm³/mol. The fourth-order valence-electron chi connectivity index (χ4n) is 1.41. The summed E-state index contributed by atoms with van der Waals surface area (Å²) in [5.74, 6) is 0. The van der Waals surface area contributed by atoms with Crippen LogP contribution in [-0.2, 0) is 14.8 Å². The highest BCUT2D eigenvalue weighted by molar-refractivity contribution is 7.89. The van der Waals surface area contributed by atoms with Gasteiger partial charge in [0.15, 0.2) is 0 Å². The quantitative estimate of drug-likeness (QED) is 0.568. The Morgan fingerprint density at radius 1 is 1.37 bits per heavy atom. The summed E-state index contributed by atoms with van der Waals surface area (Å²) >= 11 is 5.86. The number of unbranched alkanes of at least 4 members (excludes halogenated alkanes) is 1. The van der Waals surface area contributed by atoms with Crippen LogP contribution in [0.5, 0.6) is 0 Å². The number of anilines is 1. The summed E-state index contributed by atoms with van der Waals surface area (Å²) in [4.78, 5) is 0.0249. The van der Waals surface area contributed by atoms with E-state index in [9.17, 15) is 8.42 Å². The van der Waals surface area contributed by atoms with Gasteiger partial charge in [0.2, 0.25) is 10.0 Å². The van der Waals surface area contributed by atoms with Gasteiger partial charge in [0.05, 0.1) is 11.6 Å². The first-order chi connectivity index (χ1) is 8.97. The molecule has 108 valence electrons. The zero-order valence-electron chi connectivity index (χ0n) is 10.9. The molecule has 19 heavy (non-hydrogen) atoms. The molecule has 0 fully saturated rings. The monoisotopic (exact) mass is 306 g/mol. The maximum Gasteiger partial charge on any atom is 0.242 e. The van der Waals surface area contributed by atoms with Crippen LogP contribution in [0.3, 0.4) is 0 Å². The lowest BCUT2D eigenvalue weighted by atomic mass is 10.3. The zero-order chi connectivity index (χ0) is 14.3. The van der Waals surface area contributed by atoms with Crippen molar-refractivity contribution in [3.8, 4) is 0 Å². The summed E-state index contributed by atoms with van der Waals surface area (Å²) < 4.78 is 31.6. The molecule has 1 rings (SSSR count). The first kappa shape index (κ1) is 16.2. The van der Waals surface area contributed by atoms with Crippen LogP contribution in [0, 0.1) is 0 Å². The number of nitrogen functional groups attached to an aromatic ring is 1. The lowest BCUT2D eigenvalue weighted by Gasteiger charge is -2.09. The standard InChI is InChI=1S/C12H19ClN2O3S/c1-2-3-7-18-8-6-15-19(16,17)12-5-4-10(14)9-11(12)13/h4-5,9,15H,2-3,6-8,14H2,1H3. The number of hydrogen-bond acceptors (Lipinski definition) is 4. The molecule has 1 aromatic carbocycles.